The molecule has 6 atom stereocenters. The van der Waals surface area contributed by atoms with E-state index in [0.717, 1.165) is 37.5 Å². The Hall–Kier alpha value is -1.12. The van der Waals surface area contributed by atoms with E-state index < -0.39 is 0 Å². The molecule has 0 saturated heterocycles. The Morgan fingerprint density at radius 2 is 2.00 bits per heavy atom. The maximum atomic E-state index is 11.7. The normalized spacial score (nSPS) is 47.0. The van der Waals surface area contributed by atoms with E-state index in [9.17, 15) is 9.59 Å². The molecular weight excluding hydrogens is 276 g/mol. The summed E-state index contributed by atoms with van der Waals surface area (Å²) in [5, 5.41) is 0. The van der Waals surface area contributed by atoms with Gasteiger partial charge in [0.05, 0.1) is 0 Å². The monoisotopic (exact) mass is 302 g/mol. The molecule has 0 unspecified atom stereocenters. The minimum atomic E-state index is 0.126. The third kappa shape index (κ3) is 2.00. The molecule has 0 bridgehead atoms. The van der Waals surface area contributed by atoms with Crippen molar-refractivity contribution in [2.75, 3.05) is 0 Å². The molecule has 0 radical (unpaired) electrons. The van der Waals surface area contributed by atoms with Crippen LogP contribution in [0, 0.1) is 29.1 Å². The first-order valence-corrected chi connectivity index (χ1v) is 8.96. The first-order chi connectivity index (χ1) is 10.6. The minimum absolute atomic E-state index is 0.126. The molecule has 0 aliphatic heterocycles. The third-order valence-electron chi connectivity index (χ3n) is 7.43. The fourth-order valence-electron chi connectivity index (χ4n) is 6.42. The van der Waals surface area contributed by atoms with Crippen LogP contribution in [0.15, 0.2) is 11.6 Å². The van der Waals surface area contributed by atoms with Crippen molar-refractivity contribution >= 4 is 12.3 Å². The summed E-state index contributed by atoms with van der Waals surface area (Å²) in [6.07, 6.45) is 10.9. The molecule has 0 N–H and O–H groups in total. The second-order valence-electron chi connectivity index (χ2n) is 8.15. The van der Waals surface area contributed by atoms with Crippen LogP contribution in [0.1, 0.15) is 58.3 Å². The van der Waals surface area contributed by atoms with E-state index in [1.54, 1.807) is 0 Å². The number of ketones is 1. The molecule has 22 heavy (non-hydrogen) atoms. The number of hydrogen-bond donors (Lipinski definition) is 0. The highest BCUT2D eigenvalue weighted by Gasteiger charge is 2.57. The molecule has 4 aliphatic carbocycles. The van der Waals surface area contributed by atoms with E-state index in [0.29, 0.717) is 24.1 Å². The topological polar surface area (TPSA) is 43.4 Å². The summed E-state index contributed by atoms with van der Waals surface area (Å²) in [6.45, 7) is 3.00. The Labute approximate surface area is 132 Å². The van der Waals surface area contributed by atoms with Gasteiger partial charge < -0.3 is 4.74 Å². The summed E-state index contributed by atoms with van der Waals surface area (Å²) in [4.78, 5) is 22.5. The molecule has 3 saturated carbocycles. The summed E-state index contributed by atoms with van der Waals surface area (Å²) in [5.41, 5.74) is 1.63. The van der Waals surface area contributed by atoms with Gasteiger partial charge in [0, 0.05) is 11.8 Å². The summed E-state index contributed by atoms with van der Waals surface area (Å²) >= 11 is 0. The Kier molecular flexibility index (Phi) is 3.43. The Morgan fingerprint density at radius 1 is 1.14 bits per heavy atom. The number of allylic oxidation sites excluding steroid dienone is 1. The summed E-state index contributed by atoms with van der Waals surface area (Å²) in [7, 11) is 0. The van der Waals surface area contributed by atoms with Crippen LogP contribution >= 0.6 is 0 Å². The first kappa shape index (κ1) is 14.5. The van der Waals surface area contributed by atoms with E-state index in [2.05, 4.69) is 6.92 Å². The van der Waals surface area contributed by atoms with Crippen molar-refractivity contribution in [1.82, 2.24) is 0 Å². The maximum Gasteiger partial charge on any atom is 0.293 e. The van der Waals surface area contributed by atoms with Crippen molar-refractivity contribution in [2.45, 2.75) is 64.4 Å². The zero-order chi connectivity index (χ0) is 15.3. The number of ether oxygens (including phenoxy) is 1. The molecule has 4 aliphatic rings. The molecule has 3 heteroatoms. The smallest absolute Gasteiger partial charge is 0.293 e. The van der Waals surface area contributed by atoms with E-state index in [1.807, 2.05) is 6.08 Å². The summed E-state index contributed by atoms with van der Waals surface area (Å²) in [6, 6.07) is 0. The molecule has 3 fully saturated rings. The lowest BCUT2D eigenvalue weighted by atomic mass is 9.52. The van der Waals surface area contributed by atoms with E-state index in [1.165, 1.54) is 31.3 Å². The minimum Gasteiger partial charge on any atom is -0.464 e. The van der Waals surface area contributed by atoms with Crippen molar-refractivity contribution in [3.8, 4) is 0 Å². The van der Waals surface area contributed by atoms with Gasteiger partial charge in [0.2, 0.25) is 0 Å². The fourth-order valence-corrected chi connectivity index (χ4v) is 6.42. The number of carbonyl (C=O) groups excluding carboxylic acids is 2. The van der Waals surface area contributed by atoms with Gasteiger partial charge in [-0.2, -0.15) is 0 Å². The number of rotatable bonds is 2. The van der Waals surface area contributed by atoms with Gasteiger partial charge in [-0.3, -0.25) is 9.59 Å². The molecular formula is C19H26O3. The summed E-state index contributed by atoms with van der Waals surface area (Å²) < 4.78 is 5.44. The highest BCUT2D eigenvalue weighted by molar-refractivity contribution is 5.91. The lowest BCUT2D eigenvalue weighted by Gasteiger charge is -2.53. The van der Waals surface area contributed by atoms with Crippen LogP contribution in [0.4, 0.5) is 0 Å². The summed E-state index contributed by atoms with van der Waals surface area (Å²) in [5.74, 6) is 3.24. The van der Waals surface area contributed by atoms with Crippen LogP contribution in [0.5, 0.6) is 0 Å². The van der Waals surface area contributed by atoms with E-state index >= 15 is 0 Å². The first-order valence-electron chi connectivity index (χ1n) is 8.96. The predicted octanol–water partition coefficient (Wildman–Crippen LogP) is 3.67. The number of fused-ring (bicyclic) bond motifs is 5. The molecule has 0 amide bonds. The Balaban J connectivity index is 1.59. The second kappa shape index (κ2) is 5.21. The van der Waals surface area contributed by atoms with Crippen molar-refractivity contribution in [3.05, 3.63) is 11.6 Å². The zero-order valence-corrected chi connectivity index (χ0v) is 13.4. The molecule has 0 spiro atoms. The molecule has 0 aromatic carbocycles. The SMILES string of the molecule is C[C@]12CC[C@H]3[C@@H](CCC4=CC(=O)CC[C@@H]43)[C@@H]1CC[C@@H]2OC=O. The average Bonchev–Trinajstić information content (AvgIpc) is 2.84. The van der Waals surface area contributed by atoms with Crippen LogP contribution < -0.4 is 0 Å². The van der Waals surface area contributed by atoms with Gasteiger partial charge in [-0.05, 0) is 74.7 Å². The van der Waals surface area contributed by atoms with Gasteiger partial charge in [0.1, 0.15) is 6.10 Å². The van der Waals surface area contributed by atoms with Crippen LogP contribution in [0.25, 0.3) is 0 Å². The maximum absolute atomic E-state index is 11.7. The molecule has 120 valence electrons. The second-order valence-corrected chi connectivity index (χ2v) is 8.15. The van der Waals surface area contributed by atoms with Crippen molar-refractivity contribution in [3.63, 3.8) is 0 Å². The molecule has 0 heterocycles. The van der Waals surface area contributed by atoms with Crippen molar-refractivity contribution in [2.24, 2.45) is 29.1 Å². The highest BCUT2D eigenvalue weighted by atomic mass is 16.5. The Bertz CT molecular complexity index is 523. The van der Waals surface area contributed by atoms with Crippen molar-refractivity contribution in [1.29, 1.82) is 0 Å². The van der Waals surface area contributed by atoms with Gasteiger partial charge in [0.25, 0.3) is 6.47 Å². The standard InChI is InChI=1S/C19H26O3/c1-19-9-8-15-14-5-3-13(21)10-12(14)2-4-16(15)17(19)6-7-18(19)22-11-20/h10-11,14-18H,2-9H2,1H3/t14-,15+,16+,17-,18-,19-/m0/s1. The van der Waals surface area contributed by atoms with E-state index in [-0.39, 0.29) is 11.5 Å². The van der Waals surface area contributed by atoms with Gasteiger partial charge in [-0.25, -0.2) is 0 Å². The van der Waals surface area contributed by atoms with Crippen molar-refractivity contribution < 1.29 is 14.3 Å². The van der Waals surface area contributed by atoms with E-state index in [4.69, 9.17) is 4.74 Å². The van der Waals surface area contributed by atoms with Gasteiger partial charge in [0.15, 0.2) is 5.78 Å². The van der Waals surface area contributed by atoms with Gasteiger partial charge >= 0.3 is 0 Å². The quantitative estimate of drug-likeness (QED) is 0.731. The largest absolute Gasteiger partial charge is 0.464 e. The predicted molar refractivity (Wildman–Crippen MR) is 83.0 cm³/mol. The number of carbonyl (C=O) groups is 2. The van der Waals surface area contributed by atoms with Gasteiger partial charge in [-0.15, -0.1) is 0 Å². The number of hydrogen-bond acceptors (Lipinski definition) is 3. The third-order valence-corrected chi connectivity index (χ3v) is 7.43. The molecule has 3 nitrogen and oxygen atoms in total. The van der Waals surface area contributed by atoms with Crippen LogP contribution in [0.3, 0.4) is 0 Å². The highest BCUT2D eigenvalue weighted by Crippen LogP contribution is 2.62. The lowest BCUT2D eigenvalue weighted by molar-refractivity contribution is -0.143. The average molecular weight is 302 g/mol. The van der Waals surface area contributed by atoms with Crippen LogP contribution in [-0.2, 0) is 14.3 Å². The van der Waals surface area contributed by atoms with Crippen LogP contribution in [-0.4, -0.2) is 18.4 Å². The molecule has 0 aromatic rings. The van der Waals surface area contributed by atoms with Gasteiger partial charge in [-0.1, -0.05) is 12.5 Å². The molecule has 0 aromatic heterocycles. The molecule has 4 rings (SSSR count). The fraction of sp³-hybridized carbons (Fsp3) is 0.789. The van der Waals surface area contributed by atoms with Crippen LogP contribution in [0.2, 0.25) is 0 Å². The zero-order valence-electron chi connectivity index (χ0n) is 13.4. The lowest BCUT2D eigenvalue weighted by Crippen LogP contribution is -2.48. The Morgan fingerprint density at radius 3 is 2.82 bits per heavy atom.